The zero-order valence-electron chi connectivity index (χ0n) is 11.3. The first-order valence-corrected chi connectivity index (χ1v) is 6.25. The molecule has 0 aliphatic carbocycles. The van der Waals surface area contributed by atoms with Gasteiger partial charge in [0.2, 0.25) is 0 Å². The standard InChI is InChI=1S/C15H17N3O/c1-10(2)13-8-17-9-14(11(13)3)15(19)18-12-5-4-6-16-7-12/h4-10H,1-3H3,(H,18,19). The number of amides is 1. The van der Waals surface area contributed by atoms with E-state index in [1.165, 1.54) is 0 Å². The molecule has 0 bridgehead atoms. The van der Waals surface area contributed by atoms with Crippen molar-refractivity contribution in [3.05, 3.63) is 53.6 Å². The fourth-order valence-corrected chi connectivity index (χ4v) is 1.99. The van der Waals surface area contributed by atoms with E-state index in [0.29, 0.717) is 17.2 Å². The lowest BCUT2D eigenvalue weighted by Crippen LogP contribution is -2.15. The highest BCUT2D eigenvalue weighted by Gasteiger charge is 2.14. The molecule has 0 aliphatic heterocycles. The molecule has 98 valence electrons. The largest absolute Gasteiger partial charge is 0.321 e. The summed E-state index contributed by atoms with van der Waals surface area (Å²) in [5, 5.41) is 2.82. The lowest BCUT2D eigenvalue weighted by molar-refractivity contribution is 0.102. The third-order valence-electron chi connectivity index (χ3n) is 3.04. The van der Waals surface area contributed by atoms with Gasteiger partial charge in [-0.25, -0.2) is 0 Å². The van der Waals surface area contributed by atoms with E-state index in [2.05, 4.69) is 29.1 Å². The van der Waals surface area contributed by atoms with Crippen LogP contribution in [0.15, 0.2) is 36.9 Å². The molecular formula is C15H17N3O. The minimum atomic E-state index is -0.152. The Balaban J connectivity index is 2.27. The number of carbonyl (C=O) groups is 1. The van der Waals surface area contributed by atoms with E-state index in [0.717, 1.165) is 11.1 Å². The quantitative estimate of drug-likeness (QED) is 0.916. The molecule has 4 nitrogen and oxygen atoms in total. The van der Waals surface area contributed by atoms with E-state index in [1.54, 1.807) is 30.7 Å². The monoisotopic (exact) mass is 255 g/mol. The van der Waals surface area contributed by atoms with Crippen molar-refractivity contribution in [3.63, 3.8) is 0 Å². The molecule has 0 aliphatic rings. The van der Waals surface area contributed by atoms with Gasteiger partial charge in [-0.2, -0.15) is 0 Å². The van der Waals surface area contributed by atoms with Gasteiger partial charge in [-0.1, -0.05) is 13.8 Å². The summed E-state index contributed by atoms with van der Waals surface area (Å²) in [4.78, 5) is 20.4. The van der Waals surface area contributed by atoms with Crippen LogP contribution in [0.3, 0.4) is 0 Å². The van der Waals surface area contributed by atoms with Crippen LogP contribution >= 0.6 is 0 Å². The second kappa shape index (κ2) is 5.61. The Morgan fingerprint density at radius 1 is 1.21 bits per heavy atom. The fraction of sp³-hybridized carbons (Fsp3) is 0.267. The Bertz CT molecular complexity index is 579. The Hall–Kier alpha value is -2.23. The number of rotatable bonds is 3. The van der Waals surface area contributed by atoms with Crippen molar-refractivity contribution in [2.45, 2.75) is 26.7 Å². The first-order valence-electron chi connectivity index (χ1n) is 6.25. The molecule has 2 aromatic rings. The van der Waals surface area contributed by atoms with Gasteiger partial charge < -0.3 is 5.32 Å². The molecule has 1 amide bonds. The van der Waals surface area contributed by atoms with Gasteiger partial charge in [0.15, 0.2) is 0 Å². The number of carbonyl (C=O) groups excluding carboxylic acids is 1. The summed E-state index contributed by atoms with van der Waals surface area (Å²) < 4.78 is 0. The lowest BCUT2D eigenvalue weighted by atomic mass is 9.97. The summed E-state index contributed by atoms with van der Waals surface area (Å²) >= 11 is 0. The van der Waals surface area contributed by atoms with Crippen LogP contribution in [0.2, 0.25) is 0 Å². The maximum Gasteiger partial charge on any atom is 0.257 e. The molecule has 1 N–H and O–H groups in total. The zero-order chi connectivity index (χ0) is 13.8. The van der Waals surface area contributed by atoms with Gasteiger partial charge in [-0.15, -0.1) is 0 Å². The van der Waals surface area contributed by atoms with E-state index in [4.69, 9.17) is 0 Å². The number of anilines is 1. The average Bonchev–Trinajstić information content (AvgIpc) is 2.39. The lowest BCUT2D eigenvalue weighted by Gasteiger charge is -2.13. The van der Waals surface area contributed by atoms with Crippen molar-refractivity contribution in [2.75, 3.05) is 5.32 Å². The van der Waals surface area contributed by atoms with Crippen LogP contribution in [0.5, 0.6) is 0 Å². The molecule has 4 heteroatoms. The van der Waals surface area contributed by atoms with Crippen LogP contribution < -0.4 is 5.32 Å². The Morgan fingerprint density at radius 3 is 2.63 bits per heavy atom. The van der Waals surface area contributed by atoms with Crippen LogP contribution in [-0.4, -0.2) is 15.9 Å². The maximum absolute atomic E-state index is 12.2. The highest BCUT2D eigenvalue weighted by Crippen LogP contribution is 2.21. The van der Waals surface area contributed by atoms with Crippen molar-refractivity contribution >= 4 is 11.6 Å². The highest BCUT2D eigenvalue weighted by molar-refractivity contribution is 6.05. The van der Waals surface area contributed by atoms with Crippen LogP contribution in [0.25, 0.3) is 0 Å². The predicted molar refractivity (Wildman–Crippen MR) is 75.3 cm³/mol. The number of nitrogens with one attached hydrogen (secondary N) is 1. The van der Waals surface area contributed by atoms with Gasteiger partial charge in [-0.05, 0) is 36.1 Å². The molecule has 2 rings (SSSR count). The highest BCUT2D eigenvalue weighted by atomic mass is 16.1. The maximum atomic E-state index is 12.2. The fourth-order valence-electron chi connectivity index (χ4n) is 1.99. The molecular weight excluding hydrogens is 238 g/mol. The van der Waals surface area contributed by atoms with Crippen molar-refractivity contribution in [3.8, 4) is 0 Å². The van der Waals surface area contributed by atoms with E-state index >= 15 is 0 Å². The summed E-state index contributed by atoms with van der Waals surface area (Å²) in [6.07, 6.45) is 6.71. The number of nitrogens with zero attached hydrogens (tertiary/aromatic N) is 2. The van der Waals surface area contributed by atoms with Crippen LogP contribution in [-0.2, 0) is 0 Å². The van der Waals surface area contributed by atoms with Crippen LogP contribution in [0, 0.1) is 6.92 Å². The average molecular weight is 255 g/mol. The number of aromatic nitrogens is 2. The van der Waals surface area contributed by atoms with E-state index in [1.807, 2.05) is 13.1 Å². The minimum absolute atomic E-state index is 0.152. The third-order valence-corrected chi connectivity index (χ3v) is 3.04. The third kappa shape index (κ3) is 2.96. The topological polar surface area (TPSA) is 54.9 Å². The molecule has 0 spiro atoms. The normalized spacial score (nSPS) is 10.5. The van der Waals surface area contributed by atoms with Crippen molar-refractivity contribution < 1.29 is 4.79 Å². The molecule has 0 saturated carbocycles. The van der Waals surface area contributed by atoms with Crippen molar-refractivity contribution in [2.24, 2.45) is 0 Å². The van der Waals surface area contributed by atoms with Gasteiger partial charge in [0.1, 0.15) is 0 Å². The van der Waals surface area contributed by atoms with E-state index in [9.17, 15) is 4.79 Å². The molecule has 2 aromatic heterocycles. The van der Waals surface area contributed by atoms with E-state index < -0.39 is 0 Å². The van der Waals surface area contributed by atoms with Gasteiger partial charge in [0, 0.05) is 18.6 Å². The molecule has 0 unspecified atom stereocenters. The summed E-state index contributed by atoms with van der Waals surface area (Å²) in [7, 11) is 0. The molecule has 19 heavy (non-hydrogen) atoms. The first-order chi connectivity index (χ1) is 9.09. The number of hydrogen-bond acceptors (Lipinski definition) is 3. The number of pyridine rings is 2. The Labute approximate surface area is 112 Å². The smallest absolute Gasteiger partial charge is 0.257 e. The Kier molecular flexibility index (Phi) is 3.90. The number of hydrogen-bond donors (Lipinski definition) is 1. The van der Waals surface area contributed by atoms with Crippen molar-refractivity contribution in [1.29, 1.82) is 0 Å². The minimum Gasteiger partial charge on any atom is -0.321 e. The second-order valence-electron chi connectivity index (χ2n) is 4.75. The van der Waals surface area contributed by atoms with Gasteiger partial charge in [0.25, 0.3) is 5.91 Å². The van der Waals surface area contributed by atoms with Gasteiger partial charge in [-0.3, -0.25) is 14.8 Å². The molecule has 2 heterocycles. The van der Waals surface area contributed by atoms with Crippen molar-refractivity contribution in [1.82, 2.24) is 9.97 Å². The molecule has 0 saturated heterocycles. The van der Waals surface area contributed by atoms with E-state index in [-0.39, 0.29) is 5.91 Å². The summed E-state index contributed by atoms with van der Waals surface area (Å²) in [6, 6.07) is 3.59. The second-order valence-corrected chi connectivity index (χ2v) is 4.75. The molecule has 0 fully saturated rings. The summed E-state index contributed by atoms with van der Waals surface area (Å²) in [5.41, 5.74) is 3.36. The Morgan fingerprint density at radius 2 is 2.00 bits per heavy atom. The molecule has 0 aromatic carbocycles. The summed E-state index contributed by atoms with van der Waals surface area (Å²) in [5.74, 6) is 0.194. The zero-order valence-corrected chi connectivity index (χ0v) is 11.3. The van der Waals surface area contributed by atoms with Crippen LogP contribution in [0.4, 0.5) is 5.69 Å². The summed E-state index contributed by atoms with van der Waals surface area (Å²) in [6.45, 7) is 6.13. The predicted octanol–water partition coefficient (Wildman–Crippen LogP) is 3.16. The molecule has 0 atom stereocenters. The first kappa shape index (κ1) is 13.2. The van der Waals surface area contributed by atoms with Crippen LogP contribution in [0.1, 0.15) is 41.3 Å². The van der Waals surface area contributed by atoms with Gasteiger partial charge in [0.05, 0.1) is 17.4 Å². The van der Waals surface area contributed by atoms with Gasteiger partial charge >= 0.3 is 0 Å². The molecule has 0 radical (unpaired) electrons. The SMILES string of the molecule is Cc1c(C(=O)Nc2cccnc2)cncc1C(C)C.